The monoisotopic (exact) mass is 483 g/mol. The number of carbonyl (C=O) groups excluding carboxylic acids is 2. The second-order valence-corrected chi connectivity index (χ2v) is 10.2. The fraction of sp³-hybridized carbons (Fsp3) is 0.241. The highest BCUT2D eigenvalue weighted by atomic mass is 32.2. The molecule has 1 fully saturated rings. The molecule has 35 heavy (non-hydrogen) atoms. The van der Waals surface area contributed by atoms with Gasteiger partial charge in [0.2, 0.25) is 0 Å². The van der Waals surface area contributed by atoms with Gasteiger partial charge in [-0.2, -0.15) is 0 Å². The number of aryl methyl sites for hydroxylation is 1. The van der Waals surface area contributed by atoms with Crippen LogP contribution in [0, 0.1) is 6.92 Å². The number of carbonyl (C=O) groups is 2. The second-order valence-electron chi connectivity index (χ2n) is 9.13. The van der Waals surface area contributed by atoms with Crippen molar-refractivity contribution in [1.82, 2.24) is 9.80 Å². The van der Waals surface area contributed by atoms with E-state index < -0.39 is 0 Å². The van der Waals surface area contributed by atoms with Crippen LogP contribution >= 0.6 is 11.8 Å². The molecule has 0 unspecified atom stereocenters. The number of piperazine rings is 1. The number of rotatable bonds is 4. The molecule has 5 nitrogen and oxygen atoms in total. The normalized spacial score (nSPS) is 17.5. The molecule has 5 rings (SSSR count). The lowest BCUT2D eigenvalue weighted by Crippen LogP contribution is -2.48. The molecule has 0 bridgehead atoms. The molecule has 2 amide bonds. The average molecular weight is 484 g/mol. The summed E-state index contributed by atoms with van der Waals surface area (Å²) < 4.78 is 0. The molecule has 178 valence electrons. The van der Waals surface area contributed by atoms with Gasteiger partial charge in [0.15, 0.2) is 0 Å². The fourth-order valence-corrected chi connectivity index (χ4v) is 5.66. The summed E-state index contributed by atoms with van der Waals surface area (Å²) in [4.78, 5) is 34.0. The molecular weight excluding hydrogens is 454 g/mol. The maximum Gasteiger partial charge on any atom is 0.264 e. The number of fused-ring (bicyclic) bond motifs is 1. The molecule has 3 aromatic carbocycles. The van der Waals surface area contributed by atoms with Crippen molar-refractivity contribution in [3.8, 4) is 0 Å². The minimum atomic E-state index is -0.0527. The predicted octanol–water partition coefficient (Wildman–Crippen LogP) is 5.06. The van der Waals surface area contributed by atoms with Crippen LogP contribution in [-0.2, 0) is 11.3 Å². The van der Waals surface area contributed by atoms with E-state index in [2.05, 4.69) is 35.2 Å². The van der Waals surface area contributed by atoms with Crippen LogP contribution in [0.3, 0.4) is 0 Å². The molecule has 0 aliphatic carbocycles. The summed E-state index contributed by atoms with van der Waals surface area (Å²) in [7, 11) is 1.78. The Balaban J connectivity index is 1.28. The Morgan fingerprint density at radius 2 is 1.71 bits per heavy atom. The van der Waals surface area contributed by atoms with Gasteiger partial charge in [-0.15, -0.1) is 0 Å². The first-order chi connectivity index (χ1) is 17.0. The summed E-state index contributed by atoms with van der Waals surface area (Å²) in [5.41, 5.74) is 4.88. The predicted molar refractivity (Wildman–Crippen MR) is 142 cm³/mol. The first-order valence-corrected chi connectivity index (χ1v) is 12.7. The number of anilines is 1. The number of amides is 2. The van der Waals surface area contributed by atoms with Crippen molar-refractivity contribution in [2.24, 2.45) is 0 Å². The molecular formula is C29H29N3O2S. The van der Waals surface area contributed by atoms with Crippen LogP contribution in [0.1, 0.15) is 27.0 Å². The molecule has 2 aliphatic rings. The Kier molecular flexibility index (Phi) is 6.75. The van der Waals surface area contributed by atoms with Gasteiger partial charge in [-0.05, 0) is 42.3 Å². The quantitative estimate of drug-likeness (QED) is 0.487. The third-order valence-corrected chi connectivity index (χ3v) is 7.63. The minimum Gasteiger partial charge on any atom is -0.336 e. The molecule has 0 saturated carbocycles. The van der Waals surface area contributed by atoms with Gasteiger partial charge >= 0.3 is 0 Å². The average Bonchev–Trinajstić information content (AvgIpc) is 2.88. The van der Waals surface area contributed by atoms with E-state index in [1.165, 1.54) is 17.3 Å². The summed E-state index contributed by atoms with van der Waals surface area (Å²) in [6.07, 6.45) is 1.94. The zero-order valence-corrected chi connectivity index (χ0v) is 20.9. The van der Waals surface area contributed by atoms with E-state index in [9.17, 15) is 9.59 Å². The topological polar surface area (TPSA) is 43.9 Å². The van der Waals surface area contributed by atoms with Gasteiger partial charge in [0.05, 0.1) is 10.6 Å². The lowest BCUT2D eigenvalue weighted by Gasteiger charge is -2.35. The molecule has 1 saturated heterocycles. The lowest BCUT2D eigenvalue weighted by molar-refractivity contribution is -0.114. The van der Waals surface area contributed by atoms with Gasteiger partial charge in [0.1, 0.15) is 0 Å². The standard InChI is InChI=1S/C29H29N3O2S/c1-21-7-6-10-23(17-21)18-27-29(34)30(2)25-19-24(11-12-26(25)35-27)28(33)32-15-13-31(14-16-32)20-22-8-4-3-5-9-22/h3-12,17-19H,13-16,20H2,1-2H3/b27-18-. The van der Waals surface area contributed by atoms with Crippen LogP contribution in [0.5, 0.6) is 0 Å². The van der Waals surface area contributed by atoms with Crippen molar-refractivity contribution in [3.63, 3.8) is 0 Å². The zero-order valence-electron chi connectivity index (χ0n) is 20.1. The number of hydrogen-bond acceptors (Lipinski definition) is 4. The SMILES string of the molecule is Cc1cccc(/C=C2\Sc3ccc(C(=O)N4CCN(Cc5ccccc5)CC4)cc3N(C)C2=O)c1. The van der Waals surface area contributed by atoms with E-state index in [1.807, 2.05) is 60.4 Å². The summed E-state index contributed by atoms with van der Waals surface area (Å²) in [5, 5.41) is 0. The van der Waals surface area contributed by atoms with Crippen molar-refractivity contribution in [2.45, 2.75) is 18.4 Å². The number of hydrogen-bond donors (Lipinski definition) is 0. The Bertz CT molecular complexity index is 1280. The summed E-state index contributed by atoms with van der Waals surface area (Å²) in [5.74, 6) is -0.0257. The molecule has 0 aromatic heterocycles. The summed E-state index contributed by atoms with van der Waals surface area (Å²) >= 11 is 1.47. The van der Waals surface area contributed by atoms with Crippen LogP contribution in [0.4, 0.5) is 5.69 Å². The van der Waals surface area contributed by atoms with Crippen LogP contribution in [0.25, 0.3) is 6.08 Å². The third-order valence-electron chi connectivity index (χ3n) is 6.55. The van der Waals surface area contributed by atoms with Crippen LogP contribution < -0.4 is 4.90 Å². The van der Waals surface area contributed by atoms with Gasteiger partial charge in [-0.3, -0.25) is 14.5 Å². The Morgan fingerprint density at radius 1 is 0.943 bits per heavy atom. The van der Waals surface area contributed by atoms with E-state index in [1.54, 1.807) is 11.9 Å². The Labute approximate surface area is 211 Å². The molecule has 0 N–H and O–H groups in total. The van der Waals surface area contributed by atoms with Crippen molar-refractivity contribution in [3.05, 3.63) is 100.0 Å². The Hall–Kier alpha value is -3.35. The van der Waals surface area contributed by atoms with E-state index >= 15 is 0 Å². The van der Waals surface area contributed by atoms with E-state index in [-0.39, 0.29) is 11.8 Å². The van der Waals surface area contributed by atoms with Crippen molar-refractivity contribution in [2.75, 3.05) is 38.1 Å². The van der Waals surface area contributed by atoms with Crippen LogP contribution in [0.15, 0.2) is 82.6 Å². The highest BCUT2D eigenvalue weighted by Gasteiger charge is 2.29. The maximum atomic E-state index is 13.3. The first-order valence-electron chi connectivity index (χ1n) is 11.9. The van der Waals surface area contributed by atoms with Crippen molar-refractivity contribution >= 4 is 35.3 Å². The Morgan fingerprint density at radius 3 is 2.46 bits per heavy atom. The number of nitrogens with zero attached hydrogens (tertiary/aromatic N) is 3. The fourth-order valence-electron chi connectivity index (χ4n) is 4.57. The molecule has 2 aliphatic heterocycles. The van der Waals surface area contributed by atoms with E-state index in [0.29, 0.717) is 23.6 Å². The molecule has 2 heterocycles. The largest absolute Gasteiger partial charge is 0.336 e. The van der Waals surface area contributed by atoms with Crippen molar-refractivity contribution in [1.29, 1.82) is 0 Å². The summed E-state index contributed by atoms with van der Waals surface area (Å²) in [6.45, 7) is 6.07. The van der Waals surface area contributed by atoms with E-state index in [4.69, 9.17) is 0 Å². The highest BCUT2D eigenvalue weighted by molar-refractivity contribution is 8.04. The second kappa shape index (κ2) is 10.1. The maximum absolute atomic E-state index is 13.3. The van der Waals surface area contributed by atoms with E-state index in [0.717, 1.165) is 41.3 Å². The highest BCUT2D eigenvalue weighted by Crippen LogP contribution is 2.42. The smallest absolute Gasteiger partial charge is 0.264 e. The van der Waals surface area contributed by atoms with Crippen LogP contribution in [-0.4, -0.2) is 54.8 Å². The zero-order chi connectivity index (χ0) is 24.4. The van der Waals surface area contributed by atoms with Gasteiger partial charge in [0.25, 0.3) is 11.8 Å². The summed E-state index contributed by atoms with van der Waals surface area (Å²) in [6, 6.07) is 24.3. The van der Waals surface area contributed by atoms with Gasteiger partial charge in [-0.1, -0.05) is 71.9 Å². The number of benzene rings is 3. The third kappa shape index (κ3) is 5.19. The molecule has 0 spiro atoms. The number of likely N-dealkylation sites (N-methyl/N-ethyl adjacent to an activating group) is 1. The van der Waals surface area contributed by atoms with Gasteiger partial charge in [0, 0.05) is 50.2 Å². The van der Waals surface area contributed by atoms with Crippen LogP contribution in [0.2, 0.25) is 0 Å². The molecule has 3 aromatic rings. The molecule has 6 heteroatoms. The lowest BCUT2D eigenvalue weighted by atomic mass is 10.1. The van der Waals surface area contributed by atoms with Gasteiger partial charge < -0.3 is 9.80 Å². The molecule has 0 radical (unpaired) electrons. The number of thioether (sulfide) groups is 1. The van der Waals surface area contributed by atoms with Gasteiger partial charge in [-0.25, -0.2) is 0 Å². The molecule has 0 atom stereocenters. The first kappa shape index (κ1) is 23.4. The van der Waals surface area contributed by atoms with Crippen molar-refractivity contribution < 1.29 is 9.59 Å². The minimum absolute atomic E-state index is 0.0270.